The Morgan fingerprint density at radius 2 is 0.920 bits per heavy atom. The predicted octanol–water partition coefficient (Wildman–Crippen LogP) is 11.5. The summed E-state index contributed by atoms with van der Waals surface area (Å²) < 4.78 is 34.4. The van der Waals surface area contributed by atoms with E-state index < -0.39 is 13.9 Å². The van der Waals surface area contributed by atoms with Crippen molar-refractivity contribution in [2.24, 2.45) is 0 Å². The molecule has 0 aliphatic carbocycles. The fraction of sp³-hybridized carbons (Fsp3) is 0.976. The van der Waals surface area contributed by atoms with Gasteiger partial charge in [-0.15, -0.1) is 0 Å². The van der Waals surface area contributed by atoms with Gasteiger partial charge in [0.05, 0.1) is 34.4 Å². The zero-order valence-electron chi connectivity index (χ0n) is 33.9. The Balaban J connectivity index is 4.05. The number of carbonyl (C=O) groups is 1. The van der Waals surface area contributed by atoms with Gasteiger partial charge >= 0.3 is 5.97 Å². The molecule has 0 aliphatic rings. The van der Waals surface area contributed by atoms with Gasteiger partial charge in [-0.05, 0) is 12.8 Å². The van der Waals surface area contributed by atoms with E-state index in [9.17, 15) is 14.3 Å². The van der Waals surface area contributed by atoms with Crippen LogP contribution in [0.5, 0.6) is 0 Å². The number of hydrogen-bond donors (Lipinski definition) is 0. The number of likely N-dealkylation sites (N-methyl/N-ethyl adjacent to an activating group) is 1. The summed E-state index contributed by atoms with van der Waals surface area (Å²) >= 11 is 0. The van der Waals surface area contributed by atoms with E-state index in [0.29, 0.717) is 24.1 Å². The van der Waals surface area contributed by atoms with Crippen LogP contribution in [0.3, 0.4) is 0 Å². The molecule has 0 rings (SSSR count). The first-order valence-corrected chi connectivity index (χ1v) is 22.7. The highest BCUT2D eigenvalue weighted by atomic mass is 31.2. The molecular formula is C41H84NO7P. The normalized spacial score (nSPS) is 13.8. The first-order valence-electron chi connectivity index (χ1n) is 21.3. The van der Waals surface area contributed by atoms with Crippen LogP contribution in [0.25, 0.3) is 0 Å². The Kier molecular flexibility index (Phi) is 35.2. The lowest BCUT2D eigenvalue weighted by atomic mass is 10.0. The van der Waals surface area contributed by atoms with Crippen LogP contribution in [-0.4, -0.2) is 70.7 Å². The van der Waals surface area contributed by atoms with Crippen molar-refractivity contribution in [1.29, 1.82) is 0 Å². The minimum absolute atomic E-state index is 0.0309. The van der Waals surface area contributed by atoms with Crippen LogP contribution < -0.4 is 4.89 Å². The Morgan fingerprint density at radius 1 is 0.540 bits per heavy atom. The summed E-state index contributed by atoms with van der Waals surface area (Å²) in [4.78, 5) is 24.9. The van der Waals surface area contributed by atoms with Gasteiger partial charge in [0.2, 0.25) is 0 Å². The number of nitrogens with zero attached hydrogens (tertiary/aromatic N) is 1. The highest BCUT2D eigenvalue weighted by molar-refractivity contribution is 7.45. The molecule has 0 aromatic carbocycles. The quantitative estimate of drug-likeness (QED) is 0.0268. The maximum absolute atomic E-state index is 12.5. The first-order chi connectivity index (χ1) is 24.1. The van der Waals surface area contributed by atoms with Crippen LogP contribution in [-0.2, 0) is 27.9 Å². The standard InChI is InChI=1S/C41H84NO7P/c1-6-8-10-12-14-16-17-18-19-20-21-22-23-24-25-26-27-29-31-33-36-46-38-40(39-48-50(44,45)47-37-35-42(3,4)5)49-41(43)34-32-30-28-15-13-11-9-7-2/h40H,6-39H2,1-5H3/t40-/m1/s1. The van der Waals surface area contributed by atoms with Crippen molar-refractivity contribution in [2.45, 2.75) is 206 Å². The third-order valence-electron chi connectivity index (χ3n) is 9.41. The van der Waals surface area contributed by atoms with Crippen molar-refractivity contribution in [3.05, 3.63) is 0 Å². The molecule has 9 heteroatoms. The highest BCUT2D eigenvalue weighted by Gasteiger charge is 2.20. The third kappa shape index (κ3) is 38.7. The Bertz CT molecular complexity index is 777. The molecule has 0 aromatic heterocycles. The summed E-state index contributed by atoms with van der Waals surface area (Å²) in [5.41, 5.74) is 0. The highest BCUT2D eigenvalue weighted by Crippen LogP contribution is 2.38. The monoisotopic (exact) mass is 734 g/mol. The molecule has 0 N–H and O–H groups in total. The molecule has 300 valence electrons. The Labute approximate surface area is 310 Å². The number of rotatable bonds is 40. The van der Waals surface area contributed by atoms with Crippen molar-refractivity contribution in [1.82, 2.24) is 0 Å². The topological polar surface area (TPSA) is 94.1 Å². The van der Waals surface area contributed by atoms with E-state index in [2.05, 4.69) is 13.8 Å². The smallest absolute Gasteiger partial charge is 0.306 e. The van der Waals surface area contributed by atoms with Crippen molar-refractivity contribution >= 4 is 13.8 Å². The van der Waals surface area contributed by atoms with Crippen LogP contribution in [0.15, 0.2) is 0 Å². The largest absolute Gasteiger partial charge is 0.756 e. The average Bonchev–Trinajstić information content (AvgIpc) is 3.06. The van der Waals surface area contributed by atoms with Gasteiger partial charge < -0.3 is 27.9 Å². The van der Waals surface area contributed by atoms with Crippen LogP contribution in [0.1, 0.15) is 200 Å². The molecule has 0 amide bonds. The molecule has 0 fully saturated rings. The molecule has 0 aliphatic heterocycles. The van der Waals surface area contributed by atoms with Crippen LogP contribution in [0.4, 0.5) is 0 Å². The SMILES string of the molecule is CCCCCCCCCCCCCCCCCCCCCCOC[C@H](COP(=O)([O-])OCC[N+](C)(C)C)OC(=O)CCCCCCCCCC. The molecular weight excluding hydrogens is 649 g/mol. The van der Waals surface area contributed by atoms with Crippen molar-refractivity contribution < 1.29 is 37.3 Å². The van der Waals surface area contributed by atoms with Gasteiger partial charge in [-0.2, -0.15) is 0 Å². The van der Waals surface area contributed by atoms with E-state index in [1.54, 1.807) is 0 Å². The summed E-state index contributed by atoms with van der Waals surface area (Å²) in [6.07, 6.45) is 35.5. The van der Waals surface area contributed by atoms with Gasteiger partial charge in [0.1, 0.15) is 19.3 Å². The lowest BCUT2D eigenvalue weighted by Gasteiger charge is -2.28. The lowest BCUT2D eigenvalue weighted by molar-refractivity contribution is -0.870. The molecule has 0 spiro atoms. The summed E-state index contributed by atoms with van der Waals surface area (Å²) in [6.45, 7) is 5.42. The van der Waals surface area contributed by atoms with Crippen LogP contribution >= 0.6 is 7.82 Å². The predicted molar refractivity (Wildman–Crippen MR) is 208 cm³/mol. The first kappa shape index (κ1) is 49.5. The zero-order chi connectivity index (χ0) is 37.0. The number of phosphoric ester groups is 1. The third-order valence-corrected chi connectivity index (χ3v) is 10.4. The second kappa shape index (κ2) is 35.5. The molecule has 0 saturated carbocycles. The van der Waals surface area contributed by atoms with Gasteiger partial charge in [0, 0.05) is 13.0 Å². The maximum Gasteiger partial charge on any atom is 0.306 e. The molecule has 0 aromatic rings. The van der Waals surface area contributed by atoms with Crippen molar-refractivity contribution in [3.8, 4) is 0 Å². The average molecular weight is 734 g/mol. The van der Waals surface area contributed by atoms with Gasteiger partial charge in [0.15, 0.2) is 0 Å². The van der Waals surface area contributed by atoms with Crippen LogP contribution in [0, 0.1) is 0 Å². The summed E-state index contributed by atoms with van der Waals surface area (Å²) in [5, 5.41) is 0. The summed E-state index contributed by atoms with van der Waals surface area (Å²) in [7, 11) is 1.37. The lowest BCUT2D eigenvalue weighted by Crippen LogP contribution is -2.37. The number of hydrogen-bond acceptors (Lipinski definition) is 7. The number of phosphoric acid groups is 1. The minimum Gasteiger partial charge on any atom is -0.756 e. The van der Waals surface area contributed by atoms with E-state index in [1.165, 1.54) is 148 Å². The van der Waals surface area contributed by atoms with E-state index >= 15 is 0 Å². The van der Waals surface area contributed by atoms with Crippen LogP contribution in [0.2, 0.25) is 0 Å². The Morgan fingerprint density at radius 3 is 1.32 bits per heavy atom. The summed E-state index contributed by atoms with van der Waals surface area (Å²) in [5.74, 6) is -0.335. The van der Waals surface area contributed by atoms with Crippen molar-refractivity contribution in [2.75, 3.05) is 54.1 Å². The molecule has 0 bridgehead atoms. The zero-order valence-corrected chi connectivity index (χ0v) is 34.8. The number of carbonyl (C=O) groups excluding carboxylic acids is 1. The van der Waals surface area contributed by atoms with Crippen molar-refractivity contribution in [3.63, 3.8) is 0 Å². The maximum atomic E-state index is 12.5. The van der Waals surface area contributed by atoms with E-state index in [0.717, 1.165) is 32.1 Å². The van der Waals surface area contributed by atoms with E-state index in [4.69, 9.17) is 18.5 Å². The fourth-order valence-electron chi connectivity index (χ4n) is 6.08. The number of quaternary nitrogens is 1. The molecule has 50 heavy (non-hydrogen) atoms. The molecule has 0 radical (unpaired) electrons. The van der Waals surface area contributed by atoms with Gasteiger partial charge in [-0.25, -0.2) is 0 Å². The molecule has 0 saturated heterocycles. The second-order valence-corrected chi connectivity index (χ2v) is 17.1. The Hall–Kier alpha value is -0.500. The van der Waals surface area contributed by atoms with Gasteiger partial charge in [-0.3, -0.25) is 9.36 Å². The molecule has 0 heterocycles. The number of ether oxygens (including phenoxy) is 2. The van der Waals surface area contributed by atoms with E-state index in [1.807, 2.05) is 21.1 Å². The summed E-state index contributed by atoms with van der Waals surface area (Å²) in [6, 6.07) is 0. The van der Waals surface area contributed by atoms with Gasteiger partial charge in [-0.1, -0.05) is 181 Å². The minimum atomic E-state index is -4.51. The molecule has 1 unspecified atom stereocenters. The fourth-order valence-corrected chi connectivity index (χ4v) is 6.81. The van der Waals surface area contributed by atoms with E-state index in [-0.39, 0.29) is 25.8 Å². The molecule has 8 nitrogen and oxygen atoms in total. The number of esters is 1. The van der Waals surface area contributed by atoms with Gasteiger partial charge in [0.25, 0.3) is 7.82 Å². The number of unbranched alkanes of at least 4 members (excludes halogenated alkanes) is 26. The second-order valence-electron chi connectivity index (χ2n) is 15.7. The molecule has 2 atom stereocenters.